The molecule has 130 valence electrons. The molecule has 1 aromatic rings. The summed E-state index contributed by atoms with van der Waals surface area (Å²) >= 11 is 0. The zero-order valence-electron chi connectivity index (χ0n) is 13.5. The van der Waals surface area contributed by atoms with E-state index in [1.54, 1.807) is 9.80 Å². The number of amides is 2. The van der Waals surface area contributed by atoms with Crippen LogP contribution in [-0.4, -0.2) is 63.6 Å². The maximum absolute atomic E-state index is 13.1. The zero-order chi connectivity index (χ0) is 17.5. The van der Waals surface area contributed by atoms with Crippen LogP contribution in [0, 0.1) is 11.7 Å². The SMILES string of the molecule is CC(=O)N1CC[C@]2(O)CCN(C(=O)c3ccc(F)cc3O)C[C@@H]2C1. The maximum atomic E-state index is 13.1. The number of aromatic hydroxyl groups is 1. The highest BCUT2D eigenvalue weighted by Crippen LogP contribution is 2.36. The van der Waals surface area contributed by atoms with Crippen LogP contribution in [0.3, 0.4) is 0 Å². The van der Waals surface area contributed by atoms with Crippen LogP contribution in [0.15, 0.2) is 18.2 Å². The molecule has 2 fully saturated rings. The lowest BCUT2D eigenvalue weighted by Gasteiger charge is -2.50. The zero-order valence-corrected chi connectivity index (χ0v) is 13.5. The normalized spacial score (nSPS) is 26.9. The minimum Gasteiger partial charge on any atom is -0.507 e. The number of carbonyl (C=O) groups excluding carboxylic acids is 2. The van der Waals surface area contributed by atoms with E-state index in [4.69, 9.17) is 0 Å². The first-order valence-corrected chi connectivity index (χ1v) is 8.06. The van der Waals surface area contributed by atoms with Crippen LogP contribution in [0.1, 0.15) is 30.1 Å². The molecule has 1 aromatic carbocycles. The molecule has 2 N–H and O–H groups in total. The number of fused-ring (bicyclic) bond motifs is 1. The Morgan fingerprint density at radius 1 is 1.21 bits per heavy atom. The van der Waals surface area contributed by atoms with Gasteiger partial charge in [0.25, 0.3) is 5.91 Å². The van der Waals surface area contributed by atoms with Gasteiger partial charge >= 0.3 is 0 Å². The minimum absolute atomic E-state index is 0.0427. The molecular formula is C17H21FN2O4. The summed E-state index contributed by atoms with van der Waals surface area (Å²) in [5.41, 5.74) is -0.825. The molecular weight excluding hydrogens is 315 g/mol. The van der Waals surface area contributed by atoms with Gasteiger partial charge in [0.15, 0.2) is 0 Å². The summed E-state index contributed by atoms with van der Waals surface area (Å²) < 4.78 is 13.1. The van der Waals surface area contributed by atoms with Gasteiger partial charge in [-0.05, 0) is 25.0 Å². The first kappa shape index (κ1) is 16.7. The monoisotopic (exact) mass is 336 g/mol. The highest BCUT2D eigenvalue weighted by atomic mass is 19.1. The number of benzene rings is 1. The Bertz CT molecular complexity index is 681. The van der Waals surface area contributed by atoms with Crippen LogP contribution in [0.25, 0.3) is 0 Å². The molecule has 0 aliphatic carbocycles. The molecule has 7 heteroatoms. The molecule has 0 unspecified atom stereocenters. The van der Waals surface area contributed by atoms with Crippen molar-refractivity contribution in [3.63, 3.8) is 0 Å². The summed E-state index contributed by atoms with van der Waals surface area (Å²) in [6.45, 7) is 3.09. The van der Waals surface area contributed by atoms with Crippen LogP contribution >= 0.6 is 0 Å². The van der Waals surface area contributed by atoms with Crippen LogP contribution in [0.5, 0.6) is 5.75 Å². The predicted molar refractivity (Wildman–Crippen MR) is 83.9 cm³/mol. The molecule has 3 rings (SSSR count). The number of rotatable bonds is 1. The Labute approximate surface area is 139 Å². The van der Waals surface area contributed by atoms with Crippen LogP contribution < -0.4 is 0 Å². The summed E-state index contributed by atoms with van der Waals surface area (Å²) in [7, 11) is 0. The first-order chi connectivity index (χ1) is 11.3. The molecule has 2 aliphatic rings. The molecule has 0 aromatic heterocycles. The summed E-state index contributed by atoms with van der Waals surface area (Å²) in [6.07, 6.45) is 0.929. The molecule has 0 bridgehead atoms. The largest absolute Gasteiger partial charge is 0.507 e. The fourth-order valence-corrected chi connectivity index (χ4v) is 3.63. The number of piperidine rings is 2. The van der Waals surface area contributed by atoms with Crippen molar-refractivity contribution in [1.29, 1.82) is 0 Å². The number of hydrogen-bond acceptors (Lipinski definition) is 4. The second-order valence-electron chi connectivity index (χ2n) is 6.68. The molecule has 2 atom stereocenters. The summed E-state index contributed by atoms with van der Waals surface area (Å²) in [5, 5.41) is 20.6. The molecule has 0 saturated carbocycles. The molecule has 2 saturated heterocycles. The van der Waals surface area contributed by atoms with Crippen molar-refractivity contribution < 1.29 is 24.2 Å². The Kier molecular flexibility index (Phi) is 4.21. The molecule has 24 heavy (non-hydrogen) atoms. The lowest BCUT2D eigenvalue weighted by atomic mass is 9.75. The minimum atomic E-state index is -0.867. The molecule has 2 amide bonds. The third-order valence-corrected chi connectivity index (χ3v) is 5.19. The van der Waals surface area contributed by atoms with E-state index in [9.17, 15) is 24.2 Å². The van der Waals surface area contributed by atoms with E-state index >= 15 is 0 Å². The highest BCUT2D eigenvalue weighted by molar-refractivity contribution is 5.96. The van der Waals surface area contributed by atoms with Crippen molar-refractivity contribution in [3.8, 4) is 5.75 Å². The number of halogens is 1. The van der Waals surface area contributed by atoms with Crippen molar-refractivity contribution in [1.82, 2.24) is 9.80 Å². The molecule has 0 radical (unpaired) electrons. The van der Waals surface area contributed by atoms with Crippen LogP contribution in [-0.2, 0) is 4.79 Å². The Balaban J connectivity index is 1.77. The van der Waals surface area contributed by atoms with E-state index in [1.807, 2.05) is 0 Å². The second kappa shape index (κ2) is 6.05. The lowest BCUT2D eigenvalue weighted by Crippen LogP contribution is -2.61. The Morgan fingerprint density at radius 3 is 2.46 bits per heavy atom. The van der Waals surface area contributed by atoms with Crippen LogP contribution in [0.4, 0.5) is 4.39 Å². The van der Waals surface area contributed by atoms with Gasteiger partial charge in [-0.15, -0.1) is 0 Å². The Hall–Kier alpha value is -2.15. The van der Waals surface area contributed by atoms with E-state index in [0.29, 0.717) is 39.0 Å². The van der Waals surface area contributed by atoms with Gasteiger partial charge in [0, 0.05) is 45.1 Å². The van der Waals surface area contributed by atoms with Gasteiger partial charge < -0.3 is 20.0 Å². The topological polar surface area (TPSA) is 81.1 Å². The molecule has 2 aliphatic heterocycles. The smallest absolute Gasteiger partial charge is 0.257 e. The number of likely N-dealkylation sites (tertiary alicyclic amines) is 2. The number of phenols is 1. The van der Waals surface area contributed by atoms with Gasteiger partial charge in [0.2, 0.25) is 5.91 Å². The number of carbonyl (C=O) groups is 2. The predicted octanol–water partition coefficient (Wildman–Crippen LogP) is 0.977. The number of aliphatic hydroxyl groups is 1. The van der Waals surface area contributed by atoms with Gasteiger partial charge in [0.05, 0.1) is 11.2 Å². The fourth-order valence-electron chi connectivity index (χ4n) is 3.63. The standard InChI is InChI=1S/C17H21FN2O4/c1-11(21)19-6-4-17(24)5-7-20(10-12(17)9-19)16(23)14-3-2-13(18)8-15(14)22/h2-3,8,12,22,24H,4-7,9-10H2,1H3/t12-,17-/m0/s1. The van der Waals surface area contributed by atoms with Gasteiger partial charge in [-0.2, -0.15) is 0 Å². The van der Waals surface area contributed by atoms with Crippen molar-refractivity contribution in [2.75, 3.05) is 26.2 Å². The summed E-state index contributed by atoms with van der Waals surface area (Å²) in [5.74, 6) is -1.67. The fraction of sp³-hybridized carbons (Fsp3) is 0.529. The lowest BCUT2D eigenvalue weighted by molar-refractivity contribution is -0.143. The van der Waals surface area contributed by atoms with Crippen molar-refractivity contribution in [2.24, 2.45) is 5.92 Å². The summed E-state index contributed by atoms with van der Waals surface area (Å²) in [4.78, 5) is 27.4. The van der Waals surface area contributed by atoms with Gasteiger partial charge in [-0.25, -0.2) is 4.39 Å². The van der Waals surface area contributed by atoms with Crippen molar-refractivity contribution >= 4 is 11.8 Å². The average Bonchev–Trinajstić information content (AvgIpc) is 2.53. The van der Waals surface area contributed by atoms with Crippen molar-refractivity contribution in [2.45, 2.75) is 25.4 Å². The highest BCUT2D eigenvalue weighted by Gasteiger charge is 2.46. The third kappa shape index (κ3) is 2.96. The molecule has 0 spiro atoms. The van der Waals surface area contributed by atoms with Crippen molar-refractivity contribution in [3.05, 3.63) is 29.6 Å². The van der Waals surface area contributed by atoms with E-state index in [0.717, 1.165) is 12.1 Å². The van der Waals surface area contributed by atoms with E-state index in [1.165, 1.54) is 13.0 Å². The average molecular weight is 336 g/mol. The first-order valence-electron chi connectivity index (χ1n) is 8.06. The third-order valence-electron chi connectivity index (χ3n) is 5.19. The molecule has 6 nitrogen and oxygen atoms in total. The Morgan fingerprint density at radius 2 is 1.83 bits per heavy atom. The van der Waals surface area contributed by atoms with Crippen LogP contribution in [0.2, 0.25) is 0 Å². The second-order valence-corrected chi connectivity index (χ2v) is 6.68. The quantitative estimate of drug-likeness (QED) is 0.801. The summed E-state index contributed by atoms with van der Waals surface area (Å²) in [6, 6.07) is 3.30. The number of nitrogens with zero attached hydrogens (tertiary/aromatic N) is 2. The maximum Gasteiger partial charge on any atom is 0.257 e. The van der Waals surface area contributed by atoms with E-state index in [2.05, 4.69) is 0 Å². The van der Waals surface area contributed by atoms with Gasteiger partial charge in [-0.3, -0.25) is 9.59 Å². The number of phenolic OH excluding ortho intramolecular Hbond substituents is 1. The number of hydrogen-bond donors (Lipinski definition) is 2. The van der Waals surface area contributed by atoms with E-state index < -0.39 is 23.1 Å². The van der Waals surface area contributed by atoms with Gasteiger partial charge in [-0.1, -0.05) is 0 Å². The molecule has 2 heterocycles. The van der Waals surface area contributed by atoms with E-state index in [-0.39, 0.29) is 17.4 Å². The van der Waals surface area contributed by atoms with Gasteiger partial charge in [0.1, 0.15) is 11.6 Å².